The molecule has 232 valence electrons. The number of alkyl halides is 2. The molecule has 0 unspecified atom stereocenters. The standard InChI is InChI=1S/C24H32F2O15/c1-9(27)33-7-15-19(35-11(3)29)21(37-13(5)31)17(25)23(39-15)41-24-18(26)22(38-14(6)32)20(36-12(4)30)16(40-24)8-34-10(2)28/h15-24H,7-8H2,1-6H3/t15-,16-,17+,18+,19-,20-,21-,22-,23-,24-/m1/s1. The highest BCUT2D eigenvalue weighted by Gasteiger charge is 2.56. The fourth-order valence-corrected chi connectivity index (χ4v) is 4.08. The maximum atomic E-state index is 15.7. The maximum absolute atomic E-state index is 15.7. The second kappa shape index (κ2) is 15.0. The predicted octanol–water partition coefficient (Wildman–Crippen LogP) is -0.0180. The van der Waals surface area contributed by atoms with Gasteiger partial charge in [-0.2, -0.15) is 0 Å². The molecule has 0 amide bonds. The van der Waals surface area contributed by atoms with Crippen LogP contribution < -0.4 is 0 Å². The summed E-state index contributed by atoms with van der Waals surface area (Å²) in [5.74, 6) is -5.37. The van der Waals surface area contributed by atoms with Gasteiger partial charge in [0.25, 0.3) is 0 Å². The van der Waals surface area contributed by atoms with Crippen LogP contribution in [0.1, 0.15) is 41.5 Å². The van der Waals surface area contributed by atoms with E-state index in [4.69, 9.17) is 42.6 Å². The Kier molecular flexibility index (Phi) is 12.3. The molecular weight excluding hydrogens is 566 g/mol. The van der Waals surface area contributed by atoms with E-state index in [0.717, 1.165) is 41.5 Å². The van der Waals surface area contributed by atoms with E-state index in [1.807, 2.05) is 0 Å². The Morgan fingerprint density at radius 2 is 0.805 bits per heavy atom. The van der Waals surface area contributed by atoms with Crippen molar-refractivity contribution < 1.29 is 80.2 Å². The van der Waals surface area contributed by atoms with E-state index in [1.165, 1.54) is 0 Å². The summed E-state index contributed by atoms with van der Waals surface area (Å²) < 4.78 is 77.8. The van der Waals surface area contributed by atoms with Gasteiger partial charge in [-0.3, -0.25) is 28.8 Å². The van der Waals surface area contributed by atoms with Gasteiger partial charge < -0.3 is 42.6 Å². The minimum atomic E-state index is -2.43. The lowest BCUT2D eigenvalue weighted by Crippen LogP contribution is -2.64. The van der Waals surface area contributed by atoms with Gasteiger partial charge >= 0.3 is 35.8 Å². The van der Waals surface area contributed by atoms with Crippen molar-refractivity contribution in [1.82, 2.24) is 0 Å². The predicted molar refractivity (Wildman–Crippen MR) is 124 cm³/mol. The van der Waals surface area contributed by atoms with Crippen molar-refractivity contribution in [2.45, 2.75) is 103 Å². The van der Waals surface area contributed by atoms with Gasteiger partial charge in [-0.1, -0.05) is 0 Å². The molecule has 0 aliphatic carbocycles. The Bertz CT molecular complexity index is 914. The first-order valence-corrected chi connectivity index (χ1v) is 12.3. The van der Waals surface area contributed by atoms with E-state index >= 15 is 8.78 Å². The number of halogens is 2. The minimum absolute atomic E-state index is 0.623. The molecule has 0 spiro atoms. The topological polar surface area (TPSA) is 185 Å². The molecule has 0 bridgehead atoms. The van der Waals surface area contributed by atoms with Crippen LogP contribution in [-0.4, -0.2) is 111 Å². The fourth-order valence-electron chi connectivity index (χ4n) is 4.08. The maximum Gasteiger partial charge on any atom is 0.303 e. The van der Waals surface area contributed by atoms with Gasteiger partial charge in [-0.25, -0.2) is 8.78 Å². The highest BCUT2D eigenvalue weighted by atomic mass is 19.1. The van der Waals surface area contributed by atoms with Crippen LogP contribution in [0.4, 0.5) is 8.78 Å². The molecule has 10 atom stereocenters. The molecular formula is C24H32F2O15. The second-order valence-corrected chi connectivity index (χ2v) is 9.01. The highest BCUT2D eigenvalue weighted by molar-refractivity contribution is 5.68. The number of carbonyl (C=O) groups excluding carboxylic acids is 6. The molecule has 2 rings (SSSR count). The molecule has 0 aromatic heterocycles. The normalized spacial score (nSPS) is 33.1. The summed E-state index contributed by atoms with van der Waals surface area (Å²) in [6, 6.07) is 0. The first-order chi connectivity index (χ1) is 19.1. The van der Waals surface area contributed by atoms with E-state index < -0.39 is 111 Å². The molecule has 0 saturated carbocycles. The Labute approximate surface area is 232 Å². The van der Waals surface area contributed by atoms with E-state index in [9.17, 15) is 28.8 Å². The summed E-state index contributed by atoms with van der Waals surface area (Å²) in [5.41, 5.74) is 0. The van der Waals surface area contributed by atoms with Crippen molar-refractivity contribution in [3.63, 3.8) is 0 Å². The van der Waals surface area contributed by atoms with Crippen LogP contribution in [-0.2, 0) is 71.4 Å². The van der Waals surface area contributed by atoms with Crippen molar-refractivity contribution in [2.24, 2.45) is 0 Å². The Balaban J connectivity index is 2.42. The monoisotopic (exact) mass is 598 g/mol. The Morgan fingerprint density at radius 3 is 1.07 bits per heavy atom. The van der Waals surface area contributed by atoms with Crippen LogP contribution in [0, 0.1) is 0 Å². The molecule has 0 radical (unpaired) electrons. The van der Waals surface area contributed by atoms with Crippen LogP contribution in [0.25, 0.3) is 0 Å². The smallest absolute Gasteiger partial charge is 0.303 e. The van der Waals surface area contributed by atoms with Gasteiger partial charge in [0.05, 0.1) is 0 Å². The fraction of sp³-hybridized carbons (Fsp3) is 0.750. The zero-order valence-corrected chi connectivity index (χ0v) is 23.1. The van der Waals surface area contributed by atoms with Gasteiger partial charge in [0, 0.05) is 41.5 Å². The number of carbonyl (C=O) groups is 6. The van der Waals surface area contributed by atoms with Gasteiger partial charge in [-0.15, -0.1) is 0 Å². The molecule has 0 aromatic carbocycles. The van der Waals surface area contributed by atoms with Crippen LogP contribution >= 0.6 is 0 Å². The summed E-state index contributed by atoms with van der Waals surface area (Å²) in [7, 11) is 0. The number of esters is 6. The molecule has 2 aliphatic rings. The summed E-state index contributed by atoms with van der Waals surface area (Å²) in [6.07, 6.45) is -19.0. The lowest BCUT2D eigenvalue weighted by molar-refractivity contribution is -0.364. The number of hydrogen-bond donors (Lipinski definition) is 0. The largest absolute Gasteiger partial charge is 0.463 e. The molecule has 2 saturated heterocycles. The van der Waals surface area contributed by atoms with Crippen molar-refractivity contribution in [3.05, 3.63) is 0 Å². The molecule has 41 heavy (non-hydrogen) atoms. The first-order valence-electron chi connectivity index (χ1n) is 12.3. The third kappa shape index (κ3) is 9.86. The van der Waals surface area contributed by atoms with E-state index in [2.05, 4.69) is 0 Å². The Hall–Kier alpha value is -3.44. The van der Waals surface area contributed by atoms with Crippen LogP contribution in [0.2, 0.25) is 0 Å². The lowest BCUT2D eigenvalue weighted by atomic mass is 9.98. The van der Waals surface area contributed by atoms with Crippen molar-refractivity contribution in [3.8, 4) is 0 Å². The van der Waals surface area contributed by atoms with Crippen molar-refractivity contribution in [1.29, 1.82) is 0 Å². The van der Waals surface area contributed by atoms with Crippen molar-refractivity contribution in [2.75, 3.05) is 13.2 Å². The van der Waals surface area contributed by atoms with Gasteiger partial charge in [0.15, 0.2) is 49.3 Å². The summed E-state index contributed by atoms with van der Waals surface area (Å²) in [4.78, 5) is 69.7. The third-order valence-corrected chi connectivity index (χ3v) is 5.52. The average molecular weight is 599 g/mol. The molecule has 2 fully saturated rings. The van der Waals surface area contributed by atoms with Gasteiger partial charge in [-0.05, 0) is 0 Å². The van der Waals surface area contributed by atoms with Crippen LogP contribution in [0.3, 0.4) is 0 Å². The molecule has 2 heterocycles. The van der Waals surface area contributed by atoms with Crippen LogP contribution in [0.5, 0.6) is 0 Å². The Morgan fingerprint density at radius 1 is 0.512 bits per heavy atom. The van der Waals surface area contributed by atoms with E-state index in [1.54, 1.807) is 0 Å². The zero-order valence-electron chi connectivity index (χ0n) is 23.1. The zero-order chi connectivity index (χ0) is 31.0. The molecule has 15 nitrogen and oxygen atoms in total. The number of hydrogen-bond acceptors (Lipinski definition) is 15. The third-order valence-electron chi connectivity index (χ3n) is 5.52. The van der Waals surface area contributed by atoms with E-state index in [-0.39, 0.29) is 0 Å². The first kappa shape index (κ1) is 33.8. The summed E-state index contributed by atoms with van der Waals surface area (Å²) >= 11 is 0. The summed E-state index contributed by atoms with van der Waals surface area (Å²) in [6.45, 7) is 4.75. The van der Waals surface area contributed by atoms with Gasteiger partial charge in [0.1, 0.15) is 25.4 Å². The van der Waals surface area contributed by atoms with Crippen LogP contribution in [0.15, 0.2) is 0 Å². The second-order valence-electron chi connectivity index (χ2n) is 9.01. The van der Waals surface area contributed by atoms with Crippen molar-refractivity contribution >= 4 is 35.8 Å². The number of ether oxygens (including phenoxy) is 9. The molecule has 2 aliphatic heterocycles. The average Bonchev–Trinajstić information content (AvgIpc) is 2.84. The lowest BCUT2D eigenvalue weighted by Gasteiger charge is -2.45. The number of rotatable bonds is 10. The SMILES string of the molecule is CC(=O)OC[C@H]1O[C@H](O[C@H]2O[C@H](COC(C)=O)[C@@H](OC(C)=O)[C@H](OC(C)=O)[C@@H]2F)[C@@H](F)[C@@H](OC(C)=O)[C@@H]1OC(C)=O. The molecule has 0 N–H and O–H groups in total. The molecule has 17 heteroatoms. The highest BCUT2D eigenvalue weighted by Crippen LogP contribution is 2.35. The minimum Gasteiger partial charge on any atom is -0.463 e. The quantitative estimate of drug-likeness (QED) is 0.241. The van der Waals surface area contributed by atoms with Gasteiger partial charge in [0.2, 0.25) is 0 Å². The van der Waals surface area contributed by atoms with E-state index in [0.29, 0.717) is 0 Å². The molecule has 0 aromatic rings. The summed E-state index contributed by atoms with van der Waals surface area (Å²) in [5, 5.41) is 0.